The Balaban J connectivity index is 2.94. The van der Waals surface area contributed by atoms with Gasteiger partial charge in [0.25, 0.3) is 0 Å². The summed E-state index contributed by atoms with van der Waals surface area (Å²) >= 11 is 0. The molecule has 0 unspecified atom stereocenters. The Morgan fingerprint density at radius 1 is 1.22 bits per heavy atom. The van der Waals surface area contributed by atoms with Crippen LogP contribution in [0.25, 0.3) is 0 Å². The molecular formula is C9H14N2O5S2. The molecular weight excluding hydrogens is 280 g/mol. The maximum absolute atomic E-state index is 11.8. The molecule has 0 fully saturated rings. The van der Waals surface area contributed by atoms with Crippen molar-refractivity contribution in [2.24, 2.45) is 5.14 Å². The monoisotopic (exact) mass is 294 g/mol. The summed E-state index contributed by atoms with van der Waals surface area (Å²) in [7, 11) is -7.61. The number of pyridine rings is 1. The molecule has 0 aliphatic heterocycles. The molecule has 0 saturated heterocycles. The SMILES string of the molecule is CCOc1cccc(S(=O)(=O)CCS(N)(=O)=O)n1. The molecule has 102 valence electrons. The van der Waals surface area contributed by atoms with Crippen LogP contribution in [0.4, 0.5) is 0 Å². The zero-order valence-corrected chi connectivity index (χ0v) is 11.4. The molecule has 0 amide bonds. The van der Waals surface area contributed by atoms with Crippen LogP contribution in [0.5, 0.6) is 5.88 Å². The second-order valence-corrected chi connectivity index (χ2v) is 7.22. The van der Waals surface area contributed by atoms with Gasteiger partial charge in [0.15, 0.2) is 14.9 Å². The van der Waals surface area contributed by atoms with Crippen molar-refractivity contribution in [1.82, 2.24) is 4.98 Å². The number of primary sulfonamides is 1. The lowest BCUT2D eigenvalue weighted by atomic mass is 10.5. The summed E-state index contributed by atoms with van der Waals surface area (Å²) < 4.78 is 50.2. The summed E-state index contributed by atoms with van der Waals surface area (Å²) in [6.45, 7) is 2.09. The normalized spacial score (nSPS) is 12.3. The van der Waals surface area contributed by atoms with E-state index in [0.29, 0.717) is 6.61 Å². The summed E-state index contributed by atoms with van der Waals surface area (Å²) in [5, 5.41) is 4.54. The Morgan fingerprint density at radius 2 is 1.89 bits per heavy atom. The van der Waals surface area contributed by atoms with Crippen molar-refractivity contribution >= 4 is 19.9 Å². The maximum Gasteiger partial charge on any atom is 0.214 e. The zero-order chi connectivity index (χ0) is 13.8. The number of ether oxygens (including phenoxy) is 1. The van der Waals surface area contributed by atoms with E-state index < -0.39 is 31.4 Å². The molecule has 1 aromatic heterocycles. The van der Waals surface area contributed by atoms with Crippen LogP contribution in [-0.2, 0) is 19.9 Å². The number of hydrogen-bond acceptors (Lipinski definition) is 6. The van der Waals surface area contributed by atoms with Crippen LogP contribution in [0, 0.1) is 0 Å². The van der Waals surface area contributed by atoms with Crippen LogP contribution in [-0.4, -0.2) is 39.9 Å². The van der Waals surface area contributed by atoms with Gasteiger partial charge < -0.3 is 4.74 Å². The molecule has 1 rings (SSSR count). The summed E-state index contributed by atoms with van der Waals surface area (Å²) in [6, 6.07) is 4.27. The maximum atomic E-state index is 11.8. The molecule has 0 aliphatic rings. The molecule has 1 heterocycles. The van der Waals surface area contributed by atoms with Crippen molar-refractivity contribution in [3.63, 3.8) is 0 Å². The molecule has 0 bridgehead atoms. The van der Waals surface area contributed by atoms with Crippen LogP contribution in [0.3, 0.4) is 0 Å². The van der Waals surface area contributed by atoms with Gasteiger partial charge in [0.1, 0.15) is 0 Å². The minimum atomic E-state index is -3.82. The number of hydrogen-bond donors (Lipinski definition) is 1. The minimum Gasteiger partial charge on any atom is -0.478 e. The van der Waals surface area contributed by atoms with Gasteiger partial charge in [0, 0.05) is 6.07 Å². The van der Waals surface area contributed by atoms with Crippen molar-refractivity contribution in [1.29, 1.82) is 0 Å². The molecule has 2 N–H and O–H groups in total. The standard InChI is InChI=1S/C9H14N2O5S2/c1-2-16-8-4-3-5-9(11-8)17(12,13)6-7-18(10,14)15/h3-5H,2,6-7H2,1H3,(H2,10,14,15). The highest BCUT2D eigenvalue weighted by atomic mass is 32.2. The van der Waals surface area contributed by atoms with E-state index in [2.05, 4.69) is 4.98 Å². The van der Waals surface area contributed by atoms with E-state index in [-0.39, 0.29) is 10.9 Å². The Morgan fingerprint density at radius 3 is 2.44 bits per heavy atom. The van der Waals surface area contributed by atoms with Crippen molar-refractivity contribution < 1.29 is 21.6 Å². The van der Waals surface area contributed by atoms with Crippen LogP contribution in [0.1, 0.15) is 6.92 Å². The van der Waals surface area contributed by atoms with E-state index in [1.165, 1.54) is 18.2 Å². The van der Waals surface area contributed by atoms with Gasteiger partial charge in [-0.05, 0) is 13.0 Å². The number of aromatic nitrogens is 1. The highest BCUT2D eigenvalue weighted by Gasteiger charge is 2.19. The van der Waals surface area contributed by atoms with Gasteiger partial charge in [-0.25, -0.2) is 27.0 Å². The topological polar surface area (TPSA) is 116 Å². The third kappa shape index (κ3) is 4.59. The zero-order valence-electron chi connectivity index (χ0n) is 9.74. The Kier molecular flexibility index (Phi) is 4.65. The predicted octanol–water partition coefficient (Wildman–Crippen LogP) is -0.457. The largest absolute Gasteiger partial charge is 0.478 e. The molecule has 0 radical (unpaired) electrons. The quantitative estimate of drug-likeness (QED) is 0.759. The molecule has 0 saturated carbocycles. The highest BCUT2D eigenvalue weighted by molar-refractivity contribution is 7.94. The predicted molar refractivity (Wildman–Crippen MR) is 65.4 cm³/mol. The number of sulfone groups is 1. The van der Waals surface area contributed by atoms with Gasteiger partial charge in [0.2, 0.25) is 15.9 Å². The summed E-state index contributed by atoms with van der Waals surface area (Å²) in [5.41, 5.74) is 0. The number of nitrogens with two attached hydrogens (primary N) is 1. The van der Waals surface area contributed by atoms with Crippen molar-refractivity contribution in [3.05, 3.63) is 18.2 Å². The fraction of sp³-hybridized carbons (Fsp3) is 0.444. The first-order valence-electron chi connectivity index (χ1n) is 5.07. The van der Waals surface area contributed by atoms with Crippen molar-refractivity contribution in [2.45, 2.75) is 11.9 Å². The first-order valence-corrected chi connectivity index (χ1v) is 8.44. The van der Waals surface area contributed by atoms with Crippen LogP contribution in [0.15, 0.2) is 23.2 Å². The van der Waals surface area contributed by atoms with Gasteiger partial charge >= 0.3 is 0 Å². The average Bonchev–Trinajstić information content (AvgIpc) is 2.27. The van der Waals surface area contributed by atoms with Gasteiger partial charge in [0.05, 0.1) is 18.1 Å². The van der Waals surface area contributed by atoms with Crippen LogP contribution >= 0.6 is 0 Å². The van der Waals surface area contributed by atoms with Gasteiger partial charge in [-0.1, -0.05) is 6.07 Å². The van der Waals surface area contributed by atoms with Gasteiger partial charge in [-0.2, -0.15) is 0 Å². The molecule has 0 spiro atoms. The van der Waals surface area contributed by atoms with E-state index in [0.717, 1.165) is 0 Å². The molecule has 0 aromatic carbocycles. The van der Waals surface area contributed by atoms with E-state index in [9.17, 15) is 16.8 Å². The molecule has 0 aliphatic carbocycles. The molecule has 0 atom stereocenters. The van der Waals surface area contributed by atoms with Crippen LogP contribution < -0.4 is 9.88 Å². The lowest BCUT2D eigenvalue weighted by molar-refractivity contribution is 0.324. The van der Waals surface area contributed by atoms with E-state index in [1.807, 2.05) is 0 Å². The van der Waals surface area contributed by atoms with Crippen molar-refractivity contribution in [3.8, 4) is 5.88 Å². The lowest BCUT2D eigenvalue weighted by Crippen LogP contribution is -2.23. The minimum absolute atomic E-state index is 0.175. The first-order chi connectivity index (χ1) is 8.24. The number of sulfonamides is 1. The molecule has 1 aromatic rings. The van der Waals surface area contributed by atoms with E-state index in [1.54, 1.807) is 6.92 Å². The molecule has 18 heavy (non-hydrogen) atoms. The molecule has 9 heteroatoms. The summed E-state index contributed by atoms with van der Waals surface area (Å²) in [5.74, 6) is -1.07. The average molecular weight is 294 g/mol. The highest BCUT2D eigenvalue weighted by Crippen LogP contribution is 2.13. The smallest absolute Gasteiger partial charge is 0.214 e. The van der Waals surface area contributed by atoms with Gasteiger partial charge in [-0.15, -0.1) is 0 Å². The summed E-state index contributed by atoms with van der Waals surface area (Å²) in [4.78, 5) is 3.79. The van der Waals surface area contributed by atoms with E-state index in [4.69, 9.17) is 9.88 Å². The fourth-order valence-electron chi connectivity index (χ4n) is 1.13. The van der Waals surface area contributed by atoms with Crippen molar-refractivity contribution in [2.75, 3.05) is 18.1 Å². The Hall–Kier alpha value is -1.19. The number of nitrogens with zero attached hydrogens (tertiary/aromatic N) is 1. The fourth-order valence-corrected chi connectivity index (χ4v) is 3.66. The first kappa shape index (κ1) is 14.9. The van der Waals surface area contributed by atoms with E-state index >= 15 is 0 Å². The Labute approximate surface area is 106 Å². The lowest BCUT2D eigenvalue weighted by Gasteiger charge is -2.05. The second kappa shape index (κ2) is 5.63. The molecule has 7 nitrogen and oxygen atoms in total. The third-order valence-corrected chi connectivity index (χ3v) is 4.58. The Bertz CT molecular complexity index is 610. The number of rotatable bonds is 6. The second-order valence-electron chi connectivity index (χ2n) is 3.43. The third-order valence-electron chi connectivity index (χ3n) is 1.95. The summed E-state index contributed by atoms with van der Waals surface area (Å²) in [6.07, 6.45) is 0. The van der Waals surface area contributed by atoms with Crippen LogP contribution in [0.2, 0.25) is 0 Å². The van der Waals surface area contributed by atoms with Gasteiger partial charge in [-0.3, -0.25) is 0 Å².